The molecule has 0 aromatic rings. The van der Waals surface area contributed by atoms with E-state index in [0.29, 0.717) is 19.4 Å². The third kappa shape index (κ3) is 3.72. The zero-order valence-electron chi connectivity index (χ0n) is 4.99. The summed E-state index contributed by atoms with van der Waals surface area (Å²) in [4.78, 5) is 19.3. The maximum Gasteiger partial charge on any atom is 0.222 e. The van der Waals surface area contributed by atoms with Crippen LogP contribution in [0.25, 0.3) is 0 Å². The predicted octanol–water partition coefficient (Wildman–Crippen LogP) is 0.584. The Morgan fingerprint density at radius 1 is 1.33 bits per heavy atom. The Bertz CT molecular complexity index is 87.8. The van der Waals surface area contributed by atoms with Crippen LogP contribution in [-0.2, 0) is 0 Å². The number of hydrogen-bond acceptors (Lipinski definition) is 5. The van der Waals surface area contributed by atoms with Gasteiger partial charge in [-0.05, 0) is 29.7 Å². The van der Waals surface area contributed by atoms with E-state index in [4.69, 9.17) is 5.73 Å². The van der Waals surface area contributed by atoms with Crippen LogP contribution in [0.1, 0.15) is 12.8 Å². The Hall–Kier alpha value is -0.840. The SMILES string of the molecule is NCCCC(N=O)N=O. The van der Waals surface area contributed by atoms with Gasteiger partial charge in [0.25, 0.3) is 0 Å². The monoisotopic (exact) mass is 131 g/mol. The van der Waals surface area contributed by atoms with Crippen molar-refractivity contribution in [1.82, 2.24) is 0 Å². The molecule has 0 saturated carbocycles. The molecule has 0 unspecified atom stereocenters. The van der Waals surface area contributed by atoms with E-state index in [1.165, 1.54) is 0 Å². The van der Waals surface area contributed by atoms with Crippen molar-refractivity contribution in [2.45, 2.75) is 19.0 Å². The van der Waals surface area contributed by atoms with Crippen molar-refractivity contribution in [2.24, 2.45) is 16.1 Å². The fraction of sp³-hybridized carbons (Fsp3) is 1.00. The minimum Gasteiger partial charge on any atom is -0.330 e. The first-order valence-corrected chi connectivity index (χ1v) is 2.70. The number of nitroso groups, excluding NO2 is 2. The van der Waals surface area contributed by atoms with E-state index in [1.54, 1.807) is 0 Å². The lowest BCUT2D eigenvalue weighted by Crippen LogP contribution is -2.04. The molecule has 0 aliphatic heterocycles. The highest BCUT2D eigenvalue weighted by atomic mass is 16.3. The van der Waals surface area contributed by atoms with Gasteiger partial charge in [-0.3, -0.25) is 0 Å². The van der Waals surface area contributed by atoms with Crippen LogP contribution in [0.4, 0.5) is 0 Å². The second-order valence-corrected chi connectivity index (χ2v) is 1.62. The first-order chi connectivity index (χ1) is 4.35. The van der Waals surface area contributed by atoms with Crippen molar-refractivity contribution in [2.75, 3.05) is 6.54 Å². The van der Waals surface area contributed by atoms with Crippen LogP contribution in [0, 0.1) is 9.81 Å². The maximum absolute atomic E-state index is 9.66. The molecule has 0 saturated heterocycles. The summed E-state index contributed by atoms with van der Waals surface area (Å²) in [6, 6.07) is 0. The maximum atomic E-state index is 9.66. The molecule has 2 N–H and O–H groups in total. The fourth-order valence-electron chi connectivity index (χ4n) is 0.425. The molecule has 52 valence electrons. The summed E-state index contributed by atoms with van der Waals surface area (Å²) >= 11 is 0. The average molecular weight is 131 g/mol. The van der Waals surface area contributed by atoms with Crippen molar-refractivity contribution < 1.29 is 0 Å². The van der Waals surface area contributed by atoms with Gasteiger partial charge >= 0.3 is 0 Å². The zero-order chi connectivity index (χ0) is 7.11. The van der Waals surface area contributed by atoms with Gasteiger partial charge in [0.2, 0.25) is 6.17 Å². The van der Waals surface area contributed by atoms with Crippen molar-refractivity contribution in [3.63, 3.8) is 0 Å². The number of hydrogen-bond donors (Lipinski definition) is 1. The Morgan fingerprint density at radius 3 is 2.22 bits per heavy atom. The molecule has 5 nitrogen and oxygen atoms in total. The van der Waals surface area contributed by atoms with Gasteiger partial charge in [-0.2, -0.15) is 0 Å². The lowest BCUT2D eigenvalue weighted by Gasteiger charge is -1.94. The number of nitrogens with zero attached hydrogens (tertiary/aromatic N) is 2. The molecular weight excluding hydrogens is 122 g/mol. The third-order valence-electron chi connectivity index (χ3n) is 0.910. The van der Waals surface area contributed by atoms with Crippen molar-refractivity contribution in [3.05, 3.63) is 9.81 Å². The van der Waals surface area contributed by atoms with Crippen LogP contribution >= 0.6 is 0 Å². The summed E-state index contributed by atoms with van der Waals surface area (Å²) in [5.74, 6) is 0. The highest BCUT2D eigenvalue weighted by Crippen LogP contribution is 2.00. The van der Waals surface area contributed by atoms with E-state index in [2.05, 4.69) is 10.4 Å². The molecule has 9 heavy (non-hydrogen) atoms. The van der Waals surface area contributed by atoms with Gasteiger partial charge in [-0.15, -0.1) is 9.81 Å². The van der Waals surface area contributed by atoms with Gasteiger partial charge < -0.3 is 5.73 Å². The molecule has 0 fully saturated rings. The van der Waals surface area contributed by atoms with Crippen LogP contribution in [0.15, 0.2) is 10.4 Å². The van der Waals surface area contributed by atoms with Gasteiger partial charge in [0.1, 0.15) is 0 Å². The van der Waals surface area contributed by atoms with Crippen molar-refractivity contribution in [1.29, 1.82) is 0 Å². The second kappa shape index (κ2) is 5.30. The molecule has 0 radical (unpaired) electrons. The van der Waals surface area contributed by atoms with Gasteiger partial charge in [0.15, 0.2) is 0 Å². The molecule has 0 heterocycles. The number of nitrogens with two attached hydrogens (primary N) is 1. The largest absolute Gasteiger partial charge is 0.330 e. The van der Waals surface area contributed by atoms with Crippen LogP contribution < -0.4 is 5.73 Å². The topological polar surface area (TPSA) is 84.9 Å². The molecule has 0 aliphatic rings. The second-order valence-electron chi connectivity index (χ2n) is 1.62. The van der Waals surface area contributed by atoms with Crippen LogP contribution in [0.5, 0.6) is 0 Å². The summed E-state index contributed by atoms with van der Waals surface area (Å²) < 4.78 is 0. The summed E-state index contributed by atoms with van der Waals surface area (Å²) in [5.41, 5.74) is 5.10. The predicted molar refractivity (Wildman–Crippen MR) is 33.7 cm³/mol. The first-order valence-electron chi connectivity index (χ1n) is 2.70. The van der Waals surface area contributed by atoms with Crippen LogP contribution in [-0.4, -0.2) is 12.7 Å². The molecule has 0 rings (SSSR count). The summed E-state index contributed by atoms with van der Waals surface area (Å²) in [6.07, 6.45) is 0.0413. The minimum atomic E-state index is -0.937. The molecule has 0 bridgehead atoms. The standard InChI is InChI=1S/C4H9N3O2/c5-3-1-2-4(6-8)7-9/h4H,1-3,5H2. The van der Waals surface area contributed by atoms with Crippen molar-refractivity contribution in [3.8, 4) is 0 Å². The number of rotatable bonds is 5. The van der Waals surface area contributed by atoms with E-state index in [9.17, 15) is 9.81 Å². The molecule has 0 spiro atoms. The van der Waals surface area contributed by atoms with Gasteiger partial charge in [-0.1, -0.05) is 0 Å². The third-order valence-corrected chi connectivity index (χ3v) is 0.910. The highest BCUT2D eigenvalue weighted by Gasteiger charge is 2.04. The quantitative estimate of drug-likeness (QED) is 0.554. The first kappa shape index (κ1) is 8.16. The molecule has 0 atom stereocenters. The van der Waals surface area contributed by atoms with E-state index >= 15 is 0 Å². The van der Waals surface area contributed by atoms with Gasteiger partial charge in [0, 0.05) is 0 Å². The van der Waals surface area contributed by atoms with Crippen LogP contribution in [0.3, 0.4) is 0 Å². The van der Waals surface area contributed by atoms with E-state index < -0.39 is 6.17 Å². The van der Waals surface area contributed by atoms with E-state index in [1.807, 2.05) is 0 Å². The Morgan fingerprint density at radius 2 is 1.89 bits per heavy atom. The molecule has 0 amide bonds. The smallest absolute Gasteiger partial charge is 0.222 e. The van der Waals surface area contributed by atoms with Crippen molar-refractivity contribution >= 4 is 0 Å². The Balaban J connectivity index is 3.30. The Kier molecular flexibility index (Phi) is 4.81. The molecular formula is C4H9N3O2. The van der Waals surface area contributed by atoms with Crippen LogP contribution in [0.2, 0.25) is 0 Å². The fourth-order valence-corrected chi connectivity index (χ4v) is 0.425. The normalized spacial score (nSPS) is 9.56. The molecule has 5 heteroatoms. The Labute approximate surface area is 52.6 Å². The van der Waals surface area contributed by atoms with E-state index in [0.717, 1.165) is 0 Å². The summed E-state index contributed by atoms with van der Waals surface area (Å²) in [5, 5.41) is 4.92. The molecule has 0 aromatic heterocycles. The van der Waals surface area contributed by atoms with E-state index in [-0.39, 0.29) is 0 Å². The summed E-state index contributed by atoms with van der Waals surface area (Å²) in [7, 11) is 0. The van der Waals surface area contributed by atoms with Gasteiger partial charge in [0.05, 0.1) is 0 Å². The lowest BCUT2D eigenvalue weighted by molar-refractivity contribution is 0.605. The lowest BCUT2D eigenvalue weighted by atomic mass is 10.3. The summed E-state index contributed by atoms with van der Waals surface area (Å²) in [6.45, 7) is 0.460. The van der Waals surface area contributed by atoms with Gasteiger partial charge in [-0.25, -0.2) is 0 Å². The molecule has 0 aromatic carbocycles. The minimum absolute atomic E-state index is 0.365. The highest BCUT2D eigenvalue weighted by molar-refractivity contribution is 4.60. The zero-order valence-corrected chi connectivity index (χ0v) is 4.99. The average Bonchev–Trinajstić information content (AvgIpc) is 1.91. The molecule has 0 aliphatic carbocycles.